The van der Waals surface area contributed by atoms with Crippen molar-refractivity contribution in [2.45, 2.75) is 30.6 Å². The first-order chi connectivity index (χ1) is 20.0. The standard InChI is InChI=1S/C30H25ClN4O6S/c1-42(40,41)21-4-2-3-17(11-21)12-25(30(38)39)33-28(36)26-22-8-10-34-16-35(15-20(27(22)34)14-23(26)31)29(37)19-5-6-24-18(13-19)7-9-32-24/h2-11,13-14,25,32H,12,15-16H2,1H3,(H,33,36)(H,38,39)/t25-/m0/s1. The minimum Gasteiger partial charge on any atom is -0.480 e. The molecule has 0 spiro atoms. The summed E-state index contributed by atoms with van der Waals surface area (Å²) in [7, 11) is -3.49. The van der Waals surface area contributed by atoms with Gasteiger partial charge in [0.1, 0.15) is 6.04 Å². The van der Waals surface area contributed by atoms with Crippen LogP contribution in [0.5, 0.6) is 0 Å². The summed E-state index contributed by atoms with van der Waals surface area (Å²) in [6.07, 6.45) is 4.52. The van der Waals surface area contributed by atoms with E-state index in [1.54, 1.807) is 35.4 Å². The first kappa shape index (κ1) is 27.6. The Labute approximate surface area is 245 Å². The van der Waals surface area contributed by atoms with E-state index in [0.29, 0.717) is 16.5 Å². The van der Waals surface area contributed by atoms with Gasteiger partial charge < -0.3 is 24.9 Å². The van der Waals surface area contributed by atoms with Crippen LogP contribution < -0.4 is 5.32 Å². The van der Waals surface area contributed by atoms with Gasteiger partial charge in [-0.2, -0.15) is 0 Å². The number of nitrogens with zero attached hydrogens (tertiary/aromatic N) is 2. The molecule has 1 aliphatic heterocycles. The number of rotatable bonds is 7. The molecule has 0 radical (unpaired) electrons. The van der Waals surface area contributed by atoms with E-state index in [9.17, 15) is 27.9 Å². The molecule has 0 fully saturated rings. The van der Waals surface area contributed by atoms with Crippen molar-refractivity contribution in [3.05, 3.63) is 100 Å². The van der Waals surface area contributed by atoms with E-state index < -0.39 is 27.8 Å². The summed E-state index contributed by atoms with van der Waals surface area (Å²) in [5, 5.41) is 14.0. The third kappa shape index (κ3) is 5.01. The number of H-pyrrole nitrogens is 1. The van der Waals surface area contributed by atoms with Crippen LogP contribution >= 0.6 is 11.6 Å². The van der Waals surface area contributed by atoms with Crippen molar-refractivity contribution in [3.63, 3.8) is 0 Å². The van der Waals surface area contributed by atoms with Crippen LogP contribution in [0.25, 0.3) is 21.8 Å². The van der Waals surface area contributed by atoms with Crippen molar-refractivity contribution in [2.24, 2.45) is 0 Å². The zero-order valence-corrected chi connectivity index (χ0v) is 23.9. The lowest BCUT2D eigenvalue weighted by molar-refractivity contribution is -0.139. The van der Waals surface area contributed by atoms with E-state index in [4.69, 9.17) is 11.6 Å². The number of amides is 2. The number of benzene rings is 3. The molecule has 1 aliphatic rings. The second-order valence-electron chi connectivity index (χ2n) is 10.4. The van der Waals surface area contributed by atoms with E-state index in [2.05, 4.69) is 10.3 Å². The Hall–Kier alpha value is -4.61. The number of carbonyl (C=O) groups is 3. The van der Waals surface area contributed by atoms with Gasteiger partial charge in [-0.3, -0.25) is 9.59 Å². The number of carbonyl (C=O) groups excluding carboxylic acids is 2. The van der Waals surface area contributed by atoms with Gasteiger partial charge in [0.25, 0.3) is 11.8 Å². The smallest absolute Gasteiger partial charge is 0.326 e. The number of fused-ring (bicyclic) bond motifs is 1. The van der Waals surface area contributed by atoms with Gasteiger partial charge in [0.15, 0.2) is 9.84 Å². The van der Waals surface area contributed by atoms with Crippen molar-refractivity contribution in [3.8, 4) is 0 Å². The van der Waals surface area contributed by atoms with Crippen LogP contribution in [-0.4, -0.2) is 58.1 Å². The van der Waals surface area contributed by atoms with Crippen molar-refractivity contribution in [2.75, 3.05) is 6.26 Å². The molecule has 0 saturated carbocycles. The Bertz CT molecular complexity index is 2030. The molecule has 0 aliphatic carbocycles. The first-order valence-corrected chi connectivity index (χ1v) is 15.3. The second-order valence-corrected chi connectivity index (χ2v) is 12.8. The van der Waals surface area contributed by atoms with Crippen LogP contribution in [0.15, 0.2) is 78.0 Å². The van der Waals surface area contributed by atoms with Crippen LogP contribution in [0, 0.1) is 0 Å². The molecule has 0 bridgehead atoms. The maximum absolute atomic E-state index is 13.4. The fourth-order valence-corrected chi connectivity index (χ4v) is 6.45. The number of aliphatic carboxylic acids is 1. The van der Waals surface area contributed by atoms with Crippen LogP contribution in [0.3, 0.4) is 0 Å². The molecule has 10 nitrogen and oxygen atoms in total. The van der Waals surface area contributed by atoms with Crippen molar-refractivity contribution >= 4 is 61.0 Å². The van der Waals surface area contributed by atoms with Crippen molar-refractivity contribution in [1.82, 2.24) is 19.8 Å². The highest BCUT2D eigenvalue weighted by Crippen LogP contribution is 2.34. The highest BCUT2D eigenvalue weighted by molar-refractivity contribution is 7.90. The number of sulfone groups is 1. The Morgan fingerprint density at radius 1 is 1.10 bits per heavy atom. The van der Waals surface area contributed by atoms with Gasteiger partial charge in [-0.05, 0) is 59.7 Å². The highest BCUT2D eigenvalue weighted by atomic mass is 35.5. The van der Waals surface area contributed by atoms with Gasteiger partial charge in [-0.25, -0.2) is 13.2 Å². The SMILES string of the molecule is CS(=O)(=O)c1cccc(C[C@H](NC(=O)c2c(Cl)cc3c4c2ccn4CN(C(=O)c2ccc4[nH]ccc4c2)C3)C(=O)O)c1. The molecular formula is C30H25ClN4O6S. The molecule has 2 aromatic heterocycles. The van der Waals surface area contributed by atoms with E-state index >= 15 is 0 Å². The average Bonchev–Trinajstić information content (AvgIpc) is 3.59. The molecule has 5 aromatic rings. The maximum atomic E-state index is 13.4. The number of halogens is 1. The van der Waals surface area contributed by atoms with Crippen molar-refractivity contribution < 1.29 is 27.9 Å². The third-order valence-corrected chi connectivity index (χ3v) is 8.85. The van der Waals surface area contributed by atoms with E-state index in [1.807, 2.05) is 29.0 Å². The predicted molar refractivity (Wildman–Crippen MR) is 157 cm³/mol. The molecule has 6 rings (SSSR count). The number of carboxylic acid groups (broad SMARTS) is 1. The van der Waals surface area contributed by atoms with Crippen LogP contribution in [0.1, 0.15) is 31.8 Å². The lowest BCUT2D eigenvalue weighted by atomic mass is 10.0. The second kappa shape index (κ2) is 10.3. The first-order valence-electron chi connectivity index (χ1n) is 13.0. The Kier molecular flexibility index (Phi) is 6.78. The number of aromatic amines is 1. The molecule has 0 unspecified atom stereocenters. The average molecular weight is 605 g/mol. The normalized spacial score (nSPS) is 13.8. The molecule has 42 heavy (non-hydrogen) atoms. The molecule has 2 amide bonds. The Balaban J connectivity index is 1.26. The molecule has 3 heterocycles. The lowest BCUT2D eigenvalue weighted by Crippen LogP contribution is -2.42. The van der Waals surface area contributed by atoms with Gasteiger partial charge in [0.05, 0.1) is 27.7 Å². The zero-order chi connectivity index (χ0) is 29.8. The summed E-state index contributed by atoms with van der Waals surface area (Å²) in [6.45, 7) is 0.540. The summed E-state index contributed by atoms with van der Waals surface area (Å²) in [6, 6.07) is 15.4. The van der Waals surface area contributed by atoms with Crippen LogP contribution in [0.4, 0.5) is 0 Å². The minimum absolute atomic E-state index is 0.0594. The molecule has 3 aromatic carbocycles. The number of nitrogens with one attached hydrogen (secondary N) is 2. The van der Waals surface area contributed by atoms with Gasteiger partial charge in [-0.1, -0.05) is 23.7 Å². The van der Waals surface area contributed by atoms with Crippen LogP contribution in [0.2, 0.25) is 5.02 Å². The Morgan fingerprint density at radius 2 is 1.90 bits per heavy atom. The van der Waals surface area contributed by atoms with E-state index in [-0.39, 0.29) is 41.0 Å². The summed E-state index contributed by atoms with van der Waals surface area (Å²) in [4.78, 5) is 43.8. The van der Waals surface area contributed by atoms with Gasteiger partial charge in [0.2, 0.25) is 0 Å². The maximum Gasteiger partial charge on any atom is 0.326 e. The summed E-state index contributed by atoms with van der Waals surface area (Å²) in [5.41, 5.74) is 3.56. The Morgan fingerprint density at radius 3 is 2.67 bits per heavy atom. The number of carboxylic acids is 1. The van der Waals surface area contributed by atoms with Gasteiger partial charge in [-0.15, -0.1) is 0 Å². The summed E-state index contributed by atoms with van der Waals surface area (Å²) >= 11 is 6.62. The fourth-order valence-electron chi connectivity index (χ4n) is 5.44. The summed E-state index contributed by atoms with van der Waals surface area (Å²) < 4.78 is 25.7. The van der Waals surface area contributed by atoms with E-state index in [0.717, 1.165) is 28.2 Å². The highest BCUT2D eigenvalue weighted by Gasteiger charge is 2.29. The monoisotopic (exact) mass is 604 g/mol. The van der Waals surface area contributed by atoms with Gasteiger partial charge >= 0.3 is 5.97 Å². The quantitative estimate of drug-likeness (QED) is 0.254. The number of aromatic nitrogens is 2. The third-order valence-electron chi connectivity index (χ3n) is 7.45. The zero-order valence-electron chi connectivity index (χ0n) is 22.3. The minimum atomic E-state index is -3.49. The molecule has 12 heteroatoms. The molecule has 3 N–H and O–H groups in total. The van der Waals surface area contributed by atoms with Crippen molar-refractivity contribution in [1.29, 1.82) is 0 Å². The molecule has 1 atom stereocenters. The fraction of sp³-hybridized carbons (Fsp3) is 0.167. The number of hydrogen-bond acceptors (Lipinski definition) is 5. The number of hydrogen-bond donors (Lipinski definition) is 3. The largest absolute Gasteiger partial charge is 0.480 e. The molecule has 0 saturated heterocycles. The topological polar surface area (TPSA) is 142 Å². The predicted octanol–water partition coefficient (Wildman–Crippen LogP) is 4.22. The van der Waals surface area contributed by atoms with Gasteiger partial charge in [0, 0.05) is 53.5 Å². The molecular weight excluding hydrogens is 580 g/mol. The molecule has 214 valence electrons. The van der Waals surface area contributed by atoms with E-state index in [1.165, 1.54) is 18.2 Å². The van der Waals surface area contributed by atoms with Crippen LogP contribution in [-0.2, 0) is 34.3 Å². The lowest BCUT2D eigenvalue weighted by Gasteiger charge is -2.29. The summed E-state index contributed by atoms with van der Waals surface area (Å²) in [5.74, 6) is -2.09.